The van der Waals surface area contributed by atoms with Crippen molar-refractivity contribution in [2.24, 2.45) is 17.6 Å². The molecule has 3 unspecified atom stereocenters. The average molecular weight is 196 g/mol. The SMILES string of the molecule is CC1CC(C)N(CC(C)(N)C2CC2)C1. The first-order chi connectivity index (χ1) is 6.49. The Kier molecular flexibility index (Phi) is 2.61. The molecule has 0 aromatic heterocycles. The summed E-state index contributed by atoms with van der Waals surface area (Å²) in [7, 11) is 0. The molecule has 2 aliphatic rings. The van der Waals surface area contributed by atoms with Crippen molar-refractivity contribution in [1.82, 2.24) is 4.90 Å². The van der Waals surface area contributed by atoms with E-state index in [2.05, 4.69) is 25.7 Å². The minimum absolute atomic E-state index is 0.0678. The highest BCUT2D eigenvalue weighted by Crippen LogP contribution is 2.39. The molecule has 2 fully saturated rings. The number of likely N-dealkylation sites (tertiary alicyclic amines) is 1. The van der Waals surface area contributed by atoms with E-state index >= 15 is 0 Å². The summed E-state index contributed by atoms with van der Waals surface area (Å²) in [5.41, 5.74) is 6.44. The Morgan fingerprint density at radius 2 is 2.00 bits per heavy atom. The number of hydrogen-bond donors (Lipinski definition) is 1. The third-order valence-corrected chi connectivity index (χ3v) is 3.97. The van der Waals surface area contributed by atoms with Gasteiger partial charge in [-0.25, -0.2) is 0 Å². The van der Waals surface area contributed by atoms with Crippen molar-refractivity contribution in [1.29, 1.82) is 0 Å². The van der Waals surface area contributed by atoms with Crippen LogP contribution in [0.15, 0.2) is 0 Å². The number of nitrogens with zero attached hydrogens (tertiary/aromatic N) is 1. The summed E-state index contributed by atoms with van der Waals surface area (Å²) < 4.78 is 0. The predicted octanol–water partition coefficient (Wildman–Crippen LogP) is 1.84. The minimum Gasteiger partial charge on any atom is -0.324 e. The van der Waals surface area contributed by atoms with Crippen LogP contribution in [0.4, 0.5) is 0 Å². The first-order valence-electron chi connectivity index (χ1n) is 6.02. The van der Waals surface area contributed by atoms with Crippen molar-refractivity contribution in [2.45, 2.75) is 51.6 Å². The first kappa shape index (κ1) is 10.4. The van der Waals surface area contributed by atoms with Gasteiger partial charge >= 0.3 is 0 Å². The van der Waals surface area contributed by atoms with Crippen molar-refractivity contribution in [3.63, 3.8) is 0 Å². The molecule has 2 N–H and O–H groups in total. The number of rotatable bonds is 3. The number of nitrogens with two attached hydrogens (primary N) is 1. The van der Waals surface area contributed by atoms with Gasteiger partial charge in [0.15, 0.2) is 0 Å². The van der Waals surface area contributed by atoms with Crippen LogP contribution in [0, 0.1) is 11.8 Å². The Bertz CT molecular complexity index is 208. The van der Waals surface area contributed by atoms with Crippen LogP contribution in [0.25, 0.3) is 0 Å². The maximum atomic E-state index is 6.37. The van der Waals surface area contributed by atoms with Gasteiger partial charge in [0, 0.05) is 24.7 Å². The molecule has 0 bridgehead atoms. The second-order valence-corrected chi connectivity index (χ2v) is 5.90. The lowest BCUT2D eigenvalue weighted by Gasteiger charge is -2.32. The van der Waals surface area contributed by atoms with Crippen LogP contribution in [-0.4, -0.2) is 29.6 Å². The second kappa shape index (κ2) is 3.49. The summed E-state index contributed by atoms with van der Waals surface area (Å²) in [6, 6.07) is 0.742. The molecule has 1 aliphatic heterocycles. The van der Waals surface area contributed by atoms with Gasteiger partial charge in [0.2, 0.25) is 0 Å². The molecule has 0 aromatic rings. The highest BCUT2D eigenvalue weighted by Gasteiger charge is 2.41. The molecule has 2 heteroatoms. The molecule has 2 rings (SSSR count). The molecule has 1 saturated carbocycles. The Balaban J connectivity index is 1.90. The zero-order chi connectivity index (χ0) is 10.3. The molecule has 2 nitrogen and oxygen atoms in total. The molecule has 0 spiro atoms. The van der Waals surface area contributed by atoms with E-state index in [9.17, 15) is 0 Å². The van der Waals surface area contributed by atoms with Crippen LogP contribution < -0.4 is 5.73 Å². The molecule has 3 atom stereocenters. The summed E-state index contributed by atoms with van der Waals surface area (Å²) in [4.78, 5) is 2.59. The topological polar surface area (TPSA) is 29.3 Å². The van der Waals surface area contributed by atoms with Crippen LogP contribution in [0.1, 0.15) is 40.0 Å². The van der Waals surface area contributed by atoms with Gasteiger partial charge in [-0.15, -0.1) is 0 Å². The quantitative estimate of drug-likeness (QED) is 0.746. The lowest BCUT2D eigenvalue weighted by Crippen LogP contribution is -2.50. The number of hydrogen-bond acceptors (Lipinski definition) is 2. The van der Waals surface area contributed by atoms with Gasteiger partial charge in [-0.1, -0.05) is 6.92 Å². The van der Waals surface area contributed by atoms with Gasteiger partial charge in [-0.3, -0.25) is 4.90 Å². The molecule has 0 aromatic carbocycles. The zero-order valence-corrected chi connectivity index (χ0v) is 9.79. The smallest absolute Gasteiger partial charge is 0.0283 e. The fourth-order valence-corrected chi connectivity index (χ4v) is 2.92. The summed E-state index contributed by atoms with van der Waals surface area (Å²) in [5, 5.41) is 0. The molecule has 14 heavy (non-hydrogen) atoms. The summed E-state index contributed by atoms with van der Waals surface area (Å²) >= 11 is 0. The van der Waals surface area contributed by atoms with Crippen LogP contribution >= 0.6 is 0 Å². The van der Waals surface area contributed by atoms with E-state index in [1.165, 1.54) is 25.8 Å². The maximum absolute atomic E-state index is 6.37. The molecule has 1 saturated heterocycles. The molecule has 0 radical (unpaired) electrons. The fraction of sp³-hybridized carbons (Fsp3) is 1.00. The van der Waals surface area contributed by atoms with E-state index in [0.29, 0.717) is 0 Å². The van der Waals surface area contributed by atoms with E-state index in [0.717, 1.165) is 24.4 Å². The van der Waals surface area contributed by atoms with E-state index in [4.69, 9.17) is 5.73 Å². The molecular weight excluding hydrogens is 172 g/mol. The molecule has 82 valence electrons. The zero-order valence-electron chi connectivity index (χ0n) is 9.79. The van der Waals surface area contributed by atoms with Gasteiger partial charge in [0.25, 0.3) is 0 Å². The van der Waals surface area contributed by atoms with Crippen molar-refractivity contribution < 1.29 is 0 Å². The van der Waals surface area contributed by atoms with Gasteiger partial charge in [0.1, 0.15) is 0 Å². The van der Waals surface area contributed by atoms with E-state index in [1.54, 1.807) is 0 Å². The molecule has 1 aliphatic carbocycles. The van der Waals surface area contributed by atoms with Gasteiger partial charge < -0.3 is 5.73 Å². The first-order valence-corrected chi connectivity index (χ1v) is 6.02. The Morgan fingerprint density at radius 1 is 1.36 bits per heavy atom. The van der Waals surface area contributed by atoms with E-state index < -0.39 is 0 Å². The van der Waals surface area contributed by atoms with Gasteiger partial charge in [0.05, 0.1) is 0 Å². The highest BCUT2D eigenvalue weighted by atomic mass is 15.2. The third-order valence-electron chi connectivity index (χ3n) is 3.97. The molecule has 0 amide bonds. The van der Waals surface area contributed by atoms with Crippen LogP contribution in [0.3, 0.4) is 0 Å². The normalized spacial score (nSPS) is 38.6. The molecule has 1 heterocycles. The van der Waals surface area contributed by atoms with E-state index in [-0.39, 0.29) is 5.54 Å². The molecular formula is C12H24N2. The highest BCUT2D eigenvalue weighted by molar-refractivity contribution is 4.99. The monoisotopic (exact) mass is 196 g/mol. The Labute approximate surface area is 87.8 Å². The summed E-state index contributed by atoms with van der Waals surface area (Å²) in [6.45, 7) is 9.28. The Hall–Kier alpha value is -0.0800. The van der Waals surface area contributed by atoms with Crippen LogP contribution in [0.5, 0.6) is 0 Å². The fourth-order valence-electron chi connectivity index (χ4n) is 2.92. The maximum Gasteiger partial charge on any atom is 0.0283 e. The summed E-state index contributed by atoms with van der Waals surface area (Å²) in [5.74, 6) is 1.66. The van der Waals surface area contributed by atoms with E-state index in [1.807, 2.05) is 0 Å². The predicted molar refractivity (Wildman–Crippen MR) is 60.1 cm³/mol. The van der Waals surface area contributed by atoms with Gasteiger partial charge in [-0.2, -0.15) is 0 Å². The van der Waals surface area contributed by atoms with Crippen LogP contribution in [0.2, 0.25) is 0 Å². The standard InChI is InChI=1S/C12H24N2/c1-9-6-10(2)14(7-9)8-12(3,13)11-4-5-11/h9-11H,4-8,13H2,1-3H3. The van der Waals surface area contributed by atoms with Crippen molar-refractivity contribution in [3.8, 4) is 0 Å². The lowest BCUT2D eigenvalue weighted by molar-refractivity contribution is 0.194. The second-order valence-electron chi connectivity index (χ2n) is 5.90. The summed E-state index contributed by atoms with van der Waals surface area (Å²) in [6.07, 6.45) is 4.05. The van der Waals surface area contributed by atoms with Gasteiger partial charge in [-0.05, 0) is 44.9 Å². The van der Waals surface area contributed by atoms with Crippen molar-refractivity contribution >= 4 is 0 Å². The lowest BCUT2D eigenvalue weighted by atomic mass is 9.96. The van der Waals surface area contributed by atoms with Crippen molar-refractivity contribution in [3.05, 3.63) is 0 Å². The van der Waals surface area contributed by atoms with Crippen molar-refractivity contribution in [2.75, 3.05) is 13.1 Å². The Morgan fingerprint density at radius 3 is 2.43 bits per heavy atom. The minimum atomic E-state index is 0.0678. The largest absolute Gasteiger partial charge is 0.324 e. The van der Waals surface area contributed by atoms with Crippen LogP contribution in [-0.2, 0) is 0 Å². The average Bonchev–Trinajstić information content (AvgIpc) is 2.80. The third kappa shape index (κ3) is 2.12.